The minimum Gasteiger partial charge on any atom is -0.329 e. The molecule has 0 spiro atoms. The normalized spacial score (nSPS) is 44.1. The van der Waals surface area contributed by atoms with Gasteiger partial charge in [-0.2, -0.15) is 0 Å². The molecule has 1 aliphatic carbocycles. The van der Waals surface area contributed by atoms with E-state index in [-0.39, 0.29) is 0 Å². The second-order valence-corrected chi connectivity index (χ2v) is 6.63. The van der Waals surface area contributed by atoms with Gasteiger partial charge >= 0.3 is 0 Å². The minimum atomic E-state index is 0.343. The first-order valence-electron chi connectivity index (χ1n) is 7.56. The van der Waals surface area contributed by atoms with Crippen LogP contribution in [0.2, 0.25) is 0 Å². The number of nitrogens with zero attached hydrogens (tertiary/aromatic N) is 1. The molecule has 0 bridgehead atoms. The molecule has 0 aromatic heterocycles. The van der Waals surface area contributed by atoms with E-state index in [9.17, 15) is 0 Å². The maximum atomic E-state index is 6.17. The Balaban J connectivity index is 2.05. The summed E-state index contributed by atoms with van der Waals surface area (Å²) in [7, 11) is 0. The highest BCUT2D eigenvalue weighted by atomic mass is 15.2. The number of hydrogen-bond acceptors (Lipinski definition) is 2. The molecule has 2 nitrogen and oxygen atoms in total. The van der Waals surface area contributed by atoms with Crippen molar-refractivity contribution in [1.82, 2.24) is 4.90 Å². The van der Waals surface area contributed by atoms with Crippen molar-refractivity contribution in [2.45, 2.75) is 58.4 Å². The van der Waals surface area contributed by atoms with Crippen molar-refractivity contribution in [3.8, 4) is 0 Å². The van der Waals surface area contributed by atoms with Crippen LogP contribution in [-0.4, -0.2) is 30.1 Å². The Hall–Kier alpha value is -0.0800. The predicted octanol–water partition coefficient (Wildman–Crippen LogP) is 2.87. The summed E-state index contributed by atoms with van der Waals surface area (Å²) >= 11 is 0. The van der Waals surface area contributed by atoms with Gasteiger partial charge in [-0.1, -0.05) is 27.2 Å². The molecular weight excluding hydrogens is 208 g/mol. The number of hydrogen-bond donors (Lipinski definition) is 1. The van der Waals surface area contributed by atoms with Gasteiger partial charge in [0.25, 0.3) is 0 Å². The van der Waals surface area contributed by atoms with E-state index in [1.54, 1.807) is 0 Å². The van der Waals surface area contributed by atoms with Crippen LogP contribution in [0.15, 0.2) is 0 Å². The van der Waals surface area contributed by atoms with Gasteiger partial charge in [-0.15, -0.1) is 0 Å². The van der Waals surface area contributed by atoms with Crippen molar-refractivity contribution in [1.29, 1.82) is 0 Å². The second kappa shape index (κ2) is 5.27. The molecule has 0 radical (unpaired) electrons. The average Bonchev–Trinajstić information content (AvgIpc) is 2.82. The molecule has 2 rings (SSSR count). The van der Waals surface area contributed by atoms with Crippen LogP contribution in [0.25, 0.3) is 0 Å². The maximum Gasteiger partial charge on any atom is 0.0334 e. The van der Waals surface area contributed by atoms with Gasteiger partial charge < -0.3 is 5.73 Å². The summed E-state index contributed by atoms with van der Waals surface area (Å²) in [4.78, 5) is 2.74. The van der Waals surface area contributed by atoms with Gasteiger partial charge in [0.1, 0.15) is 0 Å². The Labute approximate surface area is 107 Å². The van der Waals surface area contributed by atoms with Crippen LogP contribution in [-0.2, 0) is 0 Å². The van der Waals surface area contributed by atoms with E-state index in [0.29, 0.717) is 5.54 Å². The Morgan fingerprint density at radius 1 is 1.24 bits per heavy atom. The van der Waals surface area contributed by atoms with E-state index in [0.717, 1.165) is 24.3 Å². The lowest BCUT2D eigenvalue weighted by molar-refractivity contribution is 0.0359. The van der Waals surface area contributed by atoms with Crippen molar-refractivity contribution in [3.63, 3.8) is 0 Å². The molecule has 0 aromatic rings. The highest BCUT2D eigenvalue weighted by molar-refractivity contribution is 4.99. The number of nitrogens with two attached hydrogens (primary N) is 1. The van der Waals surface area contributed by atoms with Gasteiger partial charge in [0.2, 0.25) is 0 Å². The Morgan fingerprint density at radius 3 is 2.53 bits per heavy atom. The van der Waals surface area contributed by atoms with Gasteiger partial charge in [-0.3, -0.25) is 4.90 Å². The molecule has 2 aliphatic rings. The van der Waals surface area contributed by atoms with Gasteiger partial charge in [-0.25, -0.2) is 0 Å². The summed E-state index contributed by atoms with van der Waals surface area (Å²) in [6, 6.07) is 0. The third-order valence-corrected chi connectivity index (χ3v) is 5.65. The fourth-order valence-corrected chi connectivity index (χ4v) is 3.88. The molecular formula is C15H30N2. The molecule has 1 saturated carbocycles. The lowest BCUT2D eigenvalue weighted by Crippen LogP contribution is -2.56. The lowest BCUT2D eigenvalue weighted by atomic mass is 9.70. The van der Waals surface area contributed by atoms with Crippen LogP contribution in [0.4, 0.5) is 0 Å². The fourth-order valence-electron chi connectivity index (χ4n) is 3.88. The number of likely N-dealkylation sites (tertiary alicyclic amines) is 1. The van der Waals surface area contributed by atoms with Gasteiger partial charge in [0.05, 0.1) is 0 Å². The molecule has 2 fully saturated rings. The van der Waals surface area contributed by atoms with Crippen molar-refractivity contribution in [2.24, 2.45) is 23.5 Å². The van der Waals surface area contributed by atoms with Crippen LogP contribution in [0, 0.1) is 17.8 Å². The Morgan fingerprint density at radius 2 is 2.00 bits per heavy atom. The van der Waals surface area contributed by atoms with Crippen LogP contribution in [0.5, 0.6) is 0 Å². The van der Waals surface area contributed by atoms with Crippen molar-refractivity contribution < 1.29 is 0 Å². The largest absolute Gasteiger partial charge is 0.329 e. The molecule has 0 aromatic carbocycles. The first-order chi connectivity index (χ1) is 8.11. The third kappa shape index (κ3) is 2.53. The van der Waals surface area contributed by atoms with E-state index in [1.165, 1.54) is 45.2 Å². The van der Waals surface area contributed by atoms with E-state index >= 15 is 0 Å². The first kappa shape index (κ1) is 13.4. The lowest BCUT2D eigenvalue weighted by Gasteiger charge is -2.48. The molecule has 4 unspecified atom stereocenters. The highest BCUT2D eigenvalue weighted by Gasteiger charge is 2.43. The smallest absolute Gasteiger partial charge is 0.0334 e. The topological polar surface area (TPSA) is 29.3 Å². The van der Waals surface area contributed by atoms with Crippen molar-refractivity contribution in [3.05, 3.63) is 0 Å². The predicted molar refractivity (Wildman–Crippen MR) is 73.9 cm³/mol. The zero-order chi connectivity index (χ0) is 12.5. The minimum absolute atomic E-state index is 0.343. The van der Waals surface area contributed by atoms with E-state index in [4.69, 9.17) is 5.73 Å². The van der Waals surface area contributed by atoms with Gasteiger partial charge in [0, 0.05) is 18.6 Å². The zero-order valence-corrected chi connectivity index (χ0v) is 11.9. The van der Waals surface area contributed by atoms with E-state index < -0.39 is 0 Å². The highest BCUT2D eigenvalue weighted by Crippen LogP contribution is 2.41. The molecule has 2 heteroatoms. The zero-order valence-electron chi connectivity index (χ0n) is 11.9. The monoisotopic (exact) mass is 238 g/mol. The molecule has 1 aliphatic heterocycles. The average molecular weight is 238 g/mol. The SMILES string of the molecule is CCC1CCN(C2(CN)CCC(C)C(C)C2)C1. The molecule has 100 valence electrons. The summed E-state index contributed by atoms with van der Waals surface area (Å²) in [6.07, 6.45) is 6.74. The van der Waals surface area contributed by atoms with Gasteiger partial charge in [-0.05, 0) is 50.0 Å². The summed E-state index contributed by atoms with van der Waals surface area (Å²) in [6.45, 7) is 10.6. The van der Waals surface area contributed by atoms with Crippen LogP contribution < -0.4 is 5.73 Å². The summed E-state index contributed by atoms with van der Waals surface area (Å²) in [5.74, 6) is 2.65. The van der Waals surface area contributed by atoms with E-state index in [2.05, 4.69) is 25.7 Å². The summed E-state index contributed by atoms with van der Waals surface area (Å²) in [5, 5.41) is 0. The molecule has 2 N–H and O–H groups in total. The Bertz CT molecular complexity index is 253. The Kier molecular flexibility index (Phi) is 4.14. The second-order valence-electron chi connectivity index (χ2n) is 6.63. The van der Waals surface area contributed by atoms with Crippen LogP contribution >= 0.6 is 0 Å². The summed E-state index contributed by atoms with van der Waals surface area (Å²) in [5.41, 5.74) is 6.51. The van der Waals surface area contributed by atoms with Crippen molar-refractivity contribution >= 4 is 0 Å². The molecule has 1 heterocycles. The quantitative estimate of drug-likeness (QED) is 0.819. The standard InChI is InChI=1S/C15H30N2/c1-4-14-6-8-17(10-14)15(11-16)7-5-12(2)13(3)9-15/h12-14H,4-11,16H2,1-3H3. The fraction of sp³-hybridized carbons (Fsp3) is 1.00. The molecule has 17 heavy (non-hydrogen) atoms. The molecule has 4 atom stereocenters. The number of rotatable bonds is 3. The molecule has 1 saturated heterocycles. The summed E-state index contributed by atoms with van der Waals surface area (Å²) < 4.78 is 0. The maximum absolute atomic E-state index is 6.17. The van der Waals surface area contributed by atoms with E-state index in [1.807, 2.05) is 0 Å². The van der Waals surface area contributed by atoms with Gasteiger partial charge in [0.15, 0.2) is 0 Å². The van der Waals surface area contributed by atoms with Crippen LogP contribution in [0.1, 0.15) is 52.9 Å². The third-order valence-electron chi connectivity index (χ3n) is 5.65. The van der Waals surface area contributed by atoms with Crippen molar-refractivity contribution in [2.75, 3.05) is 19.6 Å². The molecule has 0 amide bonds. The first-order valence-corrected chi connectivity index (χ1v) is 7.56. The van der Waals surface area contributed by atoms with Crippen LogP contribution in [0.3, 0.4) is 0 Å².